The zero-order valence-corrected chi connectivity index (χ0v) is 22.1. The number of carbonyl (C=O) groups excluding carboxylic acids is 3. The number of sulfonamides is 1. The molecule has 0 unspecified atom stereocenters. The molecule has 2 aromatic rings. The molecule has 178 valence electrons. The summed E-state index contributed by atoms with van der Waals surface area (Å²) in [5.74, 6) is -0.841. The van der Waals surface area contributed by atoms with Crippen LogP contribution in [0.5, 0.6) is 11.8 Å². The predicted octanol–water partition coefficient (Wildman–Crippen LogP) is -2.11. The standard InChI is InChI=1S/C18H22N6O8S.Na/c1-24(2)15(25)11-7-6-10(19-18(27)32-5)8-12(11)33(28,29)23-17(26)22-16-20-13(30-3)9-14(21-16)31-4;/h6-9H,1-5H3,(H,19,27)(H2,20,21,22,23,26);/q;+1. The fourth-order valence-corrected chi connectivity index (χ4v) is 3.51. The van der Waals surface area contributed by atoms with Crippen LogP contribution in [0.1, 0.15) is 10.4 Å². The molecule has 0 atom stereocenters. The SMILES string of the molecule is COC(=O)Nc1ccc(C(=O)N(C)C)c(S(=O)(=O)NC(=O)Nc2nc(OC)cc(OC)n2)c1.[Na+]. The van der Waals surface area contributed by atoms with E-state index in [0.717, 1.165) is 18.1 Å². The number of ether oxygens (including phenoxy) is 3. The maximum Gasteiger partial charge on any atom is 1.00 e. The van der Waals surface area contributed by atoms with Gasteiger partial charge in [-0.25, -0.2) is 22.7 Å². The first-order valence-corrected chi connectivity index (χ1v) is 10.5. The molecule has 0 radical (unpaired) electrons. The Bertz CT molecular complexity index is 1150. The van der Waals surface area contributed by atoms with E-state index in [1.54, 1.807) is 4.72 Å². The minimum absolute atomic E-state index is 0. The van der Waals surface area contributed by atoms with Crippen LogP contribution in [0.3, 0.4) is 0 Å². The molecule has 2 rings (SSSR count). The van der Waals surface area contributed by atoms with Crippen molar-refractivity contribution in [2.75, 3.05) is 46.1 Å². The summed E-state index contributed by atoms with van der Waals surface area (Å²) in [6.07, 6.45) is -0.861. The van der Waals surface area contributed by atoms with Crippen molar-refractivity contribution in [2.24, 2.45) is 0 Å². The van der Waals surface area contributed by atoms with E-state index in [9.17, 15) is 22.8 Å². The van der Waals surface area contributed by atoms with Gasteiger partial charge < -0.3 is 19.1 Å². The van der Waals surface area contributed by atoms with E-state index in [0.29, 0.717) is 0 Å². The Labute approximate surface area is 217 Å². The van der Waals surface area contributed by atoms with Gasteiger partial charge in [0.1, 0.15) is 4.90 Å². The maximum absolute atomic E-state index is 13.0. The molecule has 0 saturated heterocycles. The van der Waals surface area contributed by atoms with Gasteiger partial charge in [0.15, 0.2) is 0 Å². The van der Waals surface area contributed by atoms with Crippen LogP contribution in [0, 0.1) is 0 Å². The number of hydrogen-bond donors (Lipinski definition) is 3. The Balaban J connectivity index is 0.00000578. The molecule has 0 aliphatic heterocycles. The molecule has 4 amide bonds. The topological polar surface area (TPSA) is 178 Å². The number of carbonyl (C=O) groups is 3. The van der Waals surface area contributed by atoms with Crippen LogP contribution >= 0.6 is 0 Å². The molecule has 3 N–H and O–H groups in total. The van der Waals surface area contributed by atoms with Gasteiger partial charge in [0, 0.05) is 19.8 Å². The normalized spacial score (nSPS) is 10.3. The molecule has 0 bridgehead atoms. The first kappa shape index (κ1) is 28.9. The average Bonchev–Trinajstić information content (AvgIpc) is 2.77. The third-order valence-electron chi connectivity index (χ3n) is 3.89. The van der Waals surface area contributed by atoms with Crippen LogP contribution in [0.15, 0.2) is 29.2 Å². The zero-order valence-electron chi connectivity index (χ0n) is 19.3. The molecular weight excluding hydrogens is 483 g/mol. The van der Waals surface area contributed by atoms with Crippen molar-refractivity contribution in [1.29, 1.82) is 0 Å². The van der Waals surface area contributed by atoms with E-state index in [4.69, 9.17) is 9.47 Å². The van der Waals surface area contributed by atoms with Gasteiger partial charge in [-0.05, 0) is 18.2 Å². The van der Waals surface area contributed by atoms with Gasteiger partial charge in [0.05, 0.1) is 33.0 Å². The minimum atomic E-state index is -4.60. The van der Waals surface area contributed by atoms with Gasteiger partial charge in [-0.1, -0.05) is 0 Å². The van der Waals surface area contributed by atoms with Crippen molar-refractivity contribution in [2.45, 2.75) is 4.90 Å². The average molecular weight is 505 g/mol. The van der Waals surface area contributed by atoms with E-state index < -0.39 is 33.0 Å². The summed E-state index contributed by atoms with van der Waals surface area (Å²) in [6.45, 7) is 0. The van der Waals surface area contributed by atoms with Gasteiger partial charge in [0.2, 0.25) is 17.7 Å². The summed E-state index contributed by atoms with van der Waals surface area (Å²) in [5.41, 5.74) is -0.228. The number of rotatable bonds is 7. The summed E-state index contributed by atoms with van der Waals surface area (Å²) in [7, 11) is 2.02. The van der Waals surface area contributed by atoms with Crippen LogP contribution in [0.25, 0.3) is 0 Å². The molecule has 34 heavy (non-hydrogen) atoms. The van der Waals surface area contributed by atoms with Crippen molar-refractivity contribution in [3.63, 3.8) is 0 Å². The number of urea groups is 1. The van der Waals surface area contributed by atoms with Gasteiger partial charge in [0.25, 0.3) is 15.9 Å². The molecule has 0 aliphatic rings. The van der Waals surface area contributed by atoms with Gasteiger partial charge in [-0.3, -0.25) is 15.4 Å². The Kier molecular flexibility index (Phi) is 10.5. The molecule has 0 fully saturated rings. The fraction of sp³-hybridized carbons (Fsp3) is 0.278. The second kappa shape index (κ2) is 12.4. The van der Waals surface area contributed by atoms with E-state index in [1.807, 2.05) is 0 Å². The van der Waals surface area contributed by atoms with Crippen LogP contribution in [-0.2, 0) is 14.8 Å². The number of hydrogen-bond acceptors (Lipinski definition) is 10. The molecule has 1 aromatic heterocycles. The number of nitrogens with zero attached hydrogens (tertiary/aromatic N) is 3. The van der Waals surface area contributed by atoms with E-state index in [-0.39, 0.29) is 58.5 Å². The van der Waals surface area contributed by atoms with Crippen molar-refractivity contribution >= 4 is 39.7 Å². The Morgan fingerprint density at radius 3 is 2.03 bits per heavy atom. The summed E-state index contributed by atoms with van der Waals surface area (Å²) in [4.78, 5) is 44.7. The van der Waals surface area contributed by atoms with E-state index in [1.165, 1.54) is 46.5 Å². The number of aromatic nitrogens is 2. The minimum Gasteiger partial charge on any atom is -0.481 e. The fourth-order valence-electron chi connectivity index (χ4n) is 2.38. The second-order valence-corrected chi connectivity index (χ2v) is 8.01. The van der Waals surface area contributed by atoms with Crippen LogP contribution < -0.4 is 54.4 Å². The number of methoxy groups -OCH3 is 3. The first-order valence-electron chi connectivity index (χ1n) is 9.02. The molecule has 16 heteroatoms. The smallest absolute Gasteiger partial charge is 0.481 e. The summed E-state index contributed by atoms with van der Waals surface area (Å²) >= 11 is 0. The summed E-state index contributed by atoms with van der Waals surface area (Å²) in [6, 6.07) is 3.63. The third-order valence-corrected chi connectivity index (χ3v) is 5.26. The van der Waals surface area contributed by atoms with Crippen molar-refractivity contribution in [3.05, 3.63) is 29.8 Å². The Morgan fingerprint density at radius 2 is 1.53 bits per heavy atom. The molecule has 0 spiro atoms. The van der Waals surface area contributed by atoms with Gasteiger partial charge >= 0.3 is 41.7 Å². The number of anilines is 2. The van der Waals surface area contributed by atoms with Crippen LogP contribution in [-0.4, -0.2) is 76.7 Å². The number of nitrogens with one attached hydrogen (secondary N) is 3. The largest absolute Gasteiger partial charge is 1.00 e. The second-order valence-electron chi connectivity index (χ2n) is 6.36. The van der Waals surface area contributed by atoms with Crippen molar-refractivity contribution < 1.29 is 66.6 Å². The molecule has 0 aliphatic carbocycles. The zero-order chi connectivity index (χ0) is 24.8. The van der Waals surface area contributed by atoms with Crippen LogP contribution in [0.2, 0.25) is 0 Å². The van der Waals surface area contributed by atoms with Gasteiger partial charge in [-0.15, -0.1) is 0 Å². The van der Waals surface area contributed by atoms with Crippen molar-refractivity contribution in [3.8, 4) is 11.8 Å². The monoisotopic (exact) mass is 505 g/mol. The number of benzene rings is 1. The predicted molar refractivity (Wildman–Crippen MR) is 115 cm³/mol. The summed E-state index contributed by atoms with van der Waals surface area (Å²) < 4.78 is 42.1. The molecule has 1 aromatic carbocycles. The molecule has 14 nitrogen and oxygen atoms in total. The third kappa shape index (κ3) is 7.44. The maximum atomic E-state index is 13.0. The summed E-state index contributed by atoms with van der Waals surface area (Å²) in [5, 5.41) is 4.44. The van der Waals surface area contributed by atoms with E-state index >= 15 is 0 Å². The van der Waals surface area contributed by atoms with E-state index in [2.05, 4.69) is 25.3 Å². The first-order chi connectivity index (χ1) is 15.5. The molecule has 1 heterocycles. The number of amides is 4. The molecule has 0 saturated carbocycles. The quantitative estimate of drug-likeness (QED) is 0.353. The Morgan fingerprint density at radius 1 is 0.941 bits per heavy atom. The van der Waals surface area contributed by atoms with Crippen molar-refractivity contribution in [1.82, 2.24) is 19.6 Å². The molecular formula is C18H22N6NaO8S+. The Hall–Kier alpha value is -3.14. The van der Waals surface area contributed by atoms with Crippen LogP contribution in [0.4, 0.5) is 21.2 Å². The van der Waals surface area contributed by atoms with Gasteiger partial charge in [-0.2, -0.15) is 9.97 Å².